The number of aromatic amines is 1. The maximum absolute atomic E-state index is 13.9. The van der Waals surface area contributed by atoms with E-state index < -0.39 is 33.6 Å². The zero-order valence-corrected chi connectivity index (χ0v) is 16.5. The molecule has 1 atom stereocenters. The molecule has 4 rings (SSSR count). The van der Waals surface area contributed by atoms with Gasteiger partial charge < -0.3 is 5.73 Å². The predicted octanol–water partition coefficient (Wildman–Crippen LogP) is 3.53. The molecule has 0 saturated carbocycles. The molecule has 2 aromatic heterocycles. The second-order valence-electron chi connectivity index (χ2n) is 7.11. The molecule has 1 fully saturated rings. The van der Waals surface area contributed by atoms with E-state index in [0.29, 0.717) is 6.42 Å². The highest BCUT2D eigenvalue weighted by molar-refractivity contribution is 7.89. The van der Waals surface area contributed by atoms with E-state index in [1.54, 1.807) is 0 Å². The van der Waals surface area contributed by atoms with E-state index in [1.807, 2.05) is 0 Å². The second kappa shape index (κ2) is 6.91. The van der Waals surface area contributed by atoms with Crippen molar-refractivity contribution in [2.45, 2.75) is 36.9 Å². The Morgan fingerprint density at radius 2 is 2.00 bits per heavy atom. The van der Waals surface area contributed by atoms with Gasteiger partial charge in [0.05, 0.1) is 27.6 Å². The second-order valence-corrected chi connectivity index (χ2v) is 9.00. The summed E-state index contributed by atoms with van der Waals surface area (Å²) >= 11 is 0. The molecule has 3 N–H and O–H groups in total. The molecule has 0 aliphatic carbocycles. The van der Waals surface area contributed by atoms with Gasteiger partial charge >= 0.3 is 6.18 Å². The van der Waals surface area contributed by atoms with E-state index in [4.69, 9.17) is 5.73 Å². The summed E-state index contributed by atoms with van der Waals surface area (Å²) in [7, 11) is -4.15. The van der Waals surface area contributed by atoms with Crippen LogP contribution in [0.15, 0.2) is 29.2 Å². The molecule has 3 heterocycles. The van der Waals surface area contributed by atoms with Crippen molar-refractivity contribution in [1.82, 2.24) is 19.5 Å². The van der Waals surface area contributed by atoms with Gasteiger partial charge in [-0.3, -0.25) is 5.10 Å². The summed E-state index contributed by atoms with van der Waals surface area (Å²) in [5.74, 6) is -0.958. The number of nitrogens with two attached hydrogens (primary N) is 1. The molecule has 30 heavy (non-hydrogen) atoms. The van der Waals surface area contributed by atoms with Crippen molar-refractivity contribution in [3.63, 3.8) is 0 Å². The van der Waals surface area contributed by atoms with Crippen LogP contribution in [0, 0.1) is 12.7 Å². The van der Waals surface area contributed by atoms with Crippen LogP contribution in [0.1, 0.15) is 35.7 Å². The molecule has 160 valence electrons. The van der Waals surface area contributed by atoms with Crippen LogP contribution in [0.25, 0.3) is 11.0 Å². The Bertz CT molecular complexity index is 1240. The molecular formula is C18H17F4N5O2S. The number of nitrogens with one attached hydrogen (secondary N) is 1. The number of aromatic nitrogens is 3. The number of rotatable bonds is 3. The van der Waals surface area contributed by atoms with Crippen molar-refractivity contribution in [2.24, 2.45) is 0 Å². The highest BCUT2D eigenvalue weighted by Gasteiger charge is 2.40. The summed E-state index contributed by atoms with van der Waals surface area (Å²) in [6.07, 6.45) is -4.05. The number of halogens is 4. The van der Waals surface area contributed by atoms with Gasteiger partial charge in [0, 0.05) is 6.54 Å². The van der Waals surface area contributed by atoms with Crippen LogP contribution in [0.2, 0.25) is 0 Å². The molecule has 1 aromatic carbocycles. The monoisotopic (exact) mass is 443 g/mol. The molecule has 0 spiro atoms. The Morgan fingerprint density at radius 3 is 2.67 bits per heavy atom. The van der Waals surface area contributed by atoms with Gasteiger partial charge in [-0.25, -0.2) is 17.8 Å². The first-order valence-electron chi connectivity index (χ1n) is 9.00. The number of hydrogen-bond donors (Lipinski definition) is 2. The summed E-state index contributed by atoms with van der Waals surface area (Å²) in [4.78, 5) is 3.87. The van der Waals surface area contributed by atoms with Gasteiger partial charge in [-0.05, 0) is 43.5 Å². The molecule has 3 aromatic rings. The van der Waals surface area contributed by atoms with Crippen molar-refractivity contribution >= 4 is 26.9 Å². The molecule has 1 aliphatic heterocycles. The largest absolute Gasteiger partial charge is 0.417 e. The van der Waals surface area contributed by atoms with Gasteiger partial charge in [0.2, 0.25) is 10.0 Å². The molecule has 7 nitrogen and oxygen atoms in total. The number of aryl methyl sites for hydroxylation is 1. The molecule has 0 radical (unpaired) electrons. The van der Waals surface area contributed by atoms with Crippen LogP contribution < -0.4 is 5.73 Å². The van der Waals surface area contributed by atoms with Gasteiger partial charge in [0.25, 0.3) is 0 Å². The van der Waals surface area contributed by atoms with Gasteiger partial charge in [-0.2, -0.15) is 22.6 Å². The molecule has 12 heteroatoms. The number of anilines is 1. The number of benzene rings is 1. The summed E-state index contributed by atoms with van der Waals surface area (Å²) in [5, 5.41) is 5.63. The Labute approximate surface area is 168 Å². The molecule has 0 amide bonds. The molecule has 0 bridgehead atoms. The zero-order chi connectivity index (χ0) is 21.8. The normalized spacial score (nSPS) is 18.4. The number of nitrogen functional groups attached to an aromatic ring is 1. The van der Waals surface area contributed by atoms with E-state index in [9.17, 15) is 26.0 Å². The maximum Gasteiger partial charge on any atom is 0.417 e. The van der Waals surface area contributed by atoms with Crippen molar-refractivity contribution in [1.29, 1.82) is 0 Å². The fourth-order valence-electron chi connectivity index (χ4n) is 3.65. The number of nitrogens with zero attached hydrogens (tertiary/aromatic N) is 3. The lowest BCUT2D eigenvalue weighted by Crippen LogP contribution is -2.31. The van der Waals surface area contributed by atoms with Gasteiger partial charge in [0.1, 0.15) is 11.6 Å². The Hall–Kier alpha value is -2.73. The van der Waals surface area contributed by atoms with Gasteiger partial charge in [0.15, 0.2) is 5.65 Å². The quantitative estimate of drug-likeness (QED) is 0.603. The third-order valence-electron chi connectivity index (χ3n) is 5.17. The average Bonchev–Trinajstić information content (AvgIpc) is 3.30. The lowest BCUT2D eigenvalue weighted by molar-refractivity contribution is -0.136. The Morgan fingerprint density at radius 1 is 1.27 bits per heavy atom. The van der Waals surface area contributed by atoms with E-state index >= 15 is 0 Å². The summed E-state index contributed by atoms with van der Waals surface area (Å²) in [5.41, 5.74) is 4.48. The minimum Gasteiger partial charge on any atom is -0.383 e. The van der Waals surface area contributed by atoms with E-state index in [0.717, 1.165) is 16.4 Å². The topological polar surface area (TPSA) is 105 Å². The van der Waals surface area contributed by atoms with Crippen LogP contribution in [0.4, 0.5) is 23.4 Å². The molecule has 0 unspecified atom stereocenters. The lowest BCUT2D eigenvalue weighted by atomic mass is 10.1. The summed E-state index contributed by atoms with van der Waals surface area (Å²) < 4.78 is 82.1. The highest BCUT2D eigenvalue weighted by Crippen LogP contribution is 2.41. The first-order chi connectivity index (χ1) is 14.0. The Balaban J connectivity index is 1.82. The van der Waals surface area contributed by atoms with Crippen molar-refractivity contribution in [3.05, 3.63) is 46.9 Å². The number of alkyl halides is 3. The van der Waals surface area contributed by atoms with Crippen LogP contribution >= 0.6 is 0 Å². The third kappa shape index (κ3) is 3.29. The first kappa shape index (κ1) is 20.5. The van der Waals surface area contributed by atoms with Crippen molar-refractivity contribution < 1.29 is 26.0 Å². The lowest BCUT2D eigenvalue weighted by Gasteiger charge is -2.24. The number of fused-ring (bicyclic) bond motifs is 1. The van der Waals surface area contributed by atoms with Crippen molar-refractivity contribution in [3.8, 4) is 0 Å². The molecule has 1 aliphatic rings. The number of hydrogen-bond acceptors (Lipinski definition) is 5. The van der Waals surface area contributed by atoms with Crippen LogP contribution in [-0.4, -0.2) is 34.4 Å². The van der Waals surface area contributed by atoms with Crippen LogP contribution in [0.3, 0.4) is 0 Å². The van der Waals surface area contributed by atoms with Crippen molar-refractivity contribution in [2.75, 3.05) is 12.3 Å². The highest BCUT2D eigenvalue weighted by atomic mass is 32.2. The smallest absolute Gasteiger partial charge is 0.383 e. The SMILES string of the molecule is Cc1ccc(S(=O)(=O)N2CCC[C@H]2c2cc(C(F)(F)F)c3c(N)[nH]nc3n2)cc1F. The number of pyridine rings is 1. The minimum absolute atomic E-state index is 0.0757. The van der Waals surface area contributed by atoms with Gasteiger partial charge in [-0.1, -0.05) is 6.07 Å². The van der Waals surface area contributed by atoms with Crippen LogP contribution in [0.5, 0.6) is 0 Å². The third-order valence-corrected chi connectivity index (χ3v) is 7.08. The minimum atomic E-state index is -4.74. The zero-order valence-electron chi connectivity index (χ0n) is 15.7. The first-order valence-corrected chi connectivity index (χ1v) is 10.4. The van der Waals surface area contributed by atoms with E-state index in [2.05, 4.69) is 15.2 Å². The fourth-order valence-corrected chi connectivity index (χ4v) is 5.33. The predicted molar refractivity (Wildman–Crippen MR) is 100 cm³/mol. The maximum atomic E-state index is 13.9. The standard InChI is InChI=1S/C18H17F4N5O2S/c1-9-4-5-10(7-12(9)19)30(28,29)27-6-2-3-14(27)13-8-11(18(20,21)22)15-16(23)25-26-17(15)24-13/h4-5,7-8,14H,2-3,6H2,1H3,(H3,23,24,25,26)/t14-/m0/s1. The van der Waals surface area contributed by atoms with Crippen LogP contribution in [-0.2, 0) is 16.2 Å². The summed E-state index contributed by atoms with van der Waals surface area (Å²) in [6, 6.07) is 3.39. The summed E-state index contributed by atoms with van der Waals surface area (Å²) in [6.45, 7) is 1.57. The fraction of sp³-hybridized carbons (Fsp3) is 0.333. The number of H-pyrrole nitrogens is 1. The average molecular weight is 443 g/mol. The Kier molecular flexibility index (Phi) is 4.73. The van der Waals surface area contributed by atoms with E-state index in [-0.39, 0.29) is 46.0 Å². The molecule has 1 saturated heterocycles. The van der Waals surface area contributed by atoms with Gasteiger partial charge in [-0.15, -0.1) is 0 Å². The number of sulfonamides is 1. The molecular weight excluding hydrogens is 426 g/mol. The van der Waals surface area contributed by atoms with E-state index in [1.165, 1.54) is 19.1 Å².